The molecule has 1 heterocycles. The molecule has 2 rings (SSSR count). The molecule has 1 fully saturated rings. The van der Waals surface area contributed by atoms with Crippen molar-refractivity contribution in [3.8, 4) is 0 Å². The van der Waals surface area contributed by atoms with E-state index in [9.17, 15) is 18.0 Å². The lowest BCUT2D eigenvalue weighted by Gasteiger charge is -2.18. The second-order valence-corrected chi connectivity index (χ2v) is 7.17. The third-order valence-electron chi connectivity index (χ3n) is 3.58. The SMILES string of the molecule is NS(=O)(=O)CC1CC(=O)N(Cc2ccccc2CC(=O)O)C1. The van der Waals surface area contributed by atoms with Gasteiger partial charge in [0.1, 0.15) is 0 Å². The lowest BCUT2D eigenvalue weighted by Crippen LogP contribution is -2.27. The normalized spacial score (nSPS) is 18.7. The number of rotatable bonds is 6. The summed E-state index contributed by atoms with van der Waals surface area (Å²) in [7, 11) is -3.61. The number of sulfonamides is 1. The number of aliphatic carboxylic acids is 1. The Bertz CT molecular complexity index is 686. The highest BCUT2D eigenvalue weighted by Crippen LogP contribution is 2.22. The number of benzene rings is 1. The second-order valence-electron chi connectivity index (χ2n) is 5.51. The molecule has 1 aromatic carbocycles. The number of carboxylic acid groups (broad SMARTS) is 1. The van der Waals surface area contributed by atoms with Crippen LogP contribution >= 0.6 is 0 Å². The maximum absolute atomic E-state index is 12.0. The molecule has 1 atom stereocenters. The molecule has 0 radical (unpaired) electrons. The molecule has 22 heavy (non-hydrogen) atoms. The largest absolute Gasteiger partial charge is 0.481 e. The van der Waals surface area contributed by atoms with Crippen molar-refractivity contribution in [3.63, 3.8) is 0 Å². The minimum absolute atomic E-state index is 0.112. The summed E-state index contributed by atoms with van der Waals surface area (Å²) in [6.45, 7) is 0.597. The topological polar surface area (TPSA) is 118 Å². The van der Waals surface area contributed by atoms with Crippen LogP contribution < -0.4 is 5.14 Å². The highest BCUT2D eigenvalue weighted by Gasteiger charge is 2.32. The number of carbonyl (C=O) groups is 2. The summed E-state index contributed by atoms with van der Waals surface area (Å²) in [6.07, 6.45) is 0.0380. The van der Waals surface area contributed by atoms with E-state index in [2.05, 4.69) is 0 Å². The van der Waals surface area contributed by atoms with Crippen molar-refractivity contribution < 1.29 is 23.1 Å². The quantitative estimate of drug-likeness (QED) is 0.760. The molecule has 0 aliphatic carbocycles. The number of amides is 1. The minimum atomic E-state index is -3.61. The van der Waals surface area contributed by atoms with Gasteiger partial charge in [0.15, 0.2) is 0 Å². The van der Waals surface area contributed by atoms with E-state index >= 15 is 0 Å². The first kappa shape index (κ1) is 16.4. The lowest BCUT2D eigenvalue weighted by atomic mass is 10.0. The number of hydrogen-bond donors (Lipinski definition) is 2. The third kappa shape index (κ3) is 4.54. The molecule has 1 aliphatic heterocycles. The van der Waals surface area contributed by atoms with Crippen LogP contribution in [0.3, 0.4) is 0 Å². The number of nitrogens with zero attached hydrogens (tertiary/aromatic N) is 1. The first-order valence-corrected chi connectivity index (χ1v) is 8.53. The van der Waals surface area contributed by atoms with E-state index < -0.39 is 16.0 Å². The van der Waals surface area contributed by atoms with Gasteiger partial charge >= 0.3 is 5.97 Å². The molecular weight excluding hydrogens is 308 g/mol. The van der Waals surface area contributed by atoms with Crippen LogP contribution in [0.2, 0.25) is 0 Å². The summed E-state index contributed by atoms with van der Waals surface area (Å²) in [5.74, 6) is -1.60. The van der Waals surface area contributed by atoms with Gasteiger partial charge in [-0.1, -0.05) is 24.3 Å². The molecule has 0 bridgehead atoms. The van der Waals surface area contributed by atoms with Crippen molar-refractivity contribution in [2.75, 3.05) is 12.3 Å². The summed E-state index contributed by atoms with van der Waals surface area (Å²) < 4.78 is 22.2. The van der Waals surface area contributed by atoms with Crippen molar-refractivity contribution in [2.45, 2.75) is 19.4 Å². The zero-order valence-electron chi connectivity index (χ0n) is 11.9. The predicted octanol–water partition coefficient (Wildman–Crippen LogP) is -0.0493. The molecule has 0 aromatic heterocycles. The summed E-state index contributed by atoms with van der Waals surface area (Å²) in [5.41, 5.74) is 1.41. The van der Waals surface area contributed by atoms with Crippen molar-refractivity contribution in [1.82, 2.24) is 4.90 Å². The Morgan fingerprint density at radius 1 is 1.32 bits per heavy atom. The molecule has 120 valence electrons. The first-order valence-electron chi connectivity index (χ1n) is 6.81. The van der Waals surface area contributed by atoms with Gasteiger partial charge in [0.25, 0.3) is 0 Å². The van der Waals surface area contributed by atoms with Gasteiger partial charge in [-0.3, -0.25) is 9.59 Å². The van der Waals surface area contributed by atoms with Crippen molar-refractivity contribution in [1.29, 1.82) is 0 Å². The number of hydrogen-bond acceptors (Lipinski definition) is 4. The lowest BCUT2D eigenvalue weighted by molar-refractivity contribution is -0.136. The van der Waals surface area contributed by atoms with E-state index in [4.69, 9.17) is 10.2 Å². The summed E-state index contributed by atoms with van der Waals surface area (Å²) in [5, 5.41) is 13.9. The van der Waals surface area contributed by atoms with Gasteiger partial charge in [0.05, 0.1) is 12.2 Å². The molecule has 0 saturated carbocycles. The van der Waals surface area contributed by atoms with Crippen LogP contribution in [0.5, 0.6) is 0 Å². The summed E-state index contributed by atoms with van der Waals surface area (Å²) in [6, 6.07) is 7.02. The average Bonchev–Trinajstić information content (AvgIpc) is 2.69. The van der Waals surface area contributed by atoms with E-state index in [0.717, 1.165) is 5.56 Å². The predicted molar refractivity (Wildman–Crippen MR) is 79.3 cm³/mol. The smallest absolute Gasteiger partial charge is 0.307 e. The molecule has 1 aromatic rings. The van der Waals surface area contributed by atoms with Gasteiger partial charge in [0, 0.05) is 25.4 Å². The Balaban J connectivity index is 2.08. The molecular formula is C14H18N2O5S. The molecule has 0 spiro atoms. The minimum Gasteiger partial charge on any atom is -0.481 e. The third-order valence-corrected chi connectivity index (χ3v) is 4.52. The fraction of sp³-hybridized carbons (Fsp3) is 0.429. The summed E-state index contributed by atoms with van der Waals surface area (Å²) >= 11 is 0. The maximum atomic E-state index is 12.0. The Hall–Kier alpha value is -1.93. The Kier molecular flexibility index (Phi) is 4.82. The number of likely N-dealkylation sites (tertiary alicyclic amines) is 1. The molecule has 8 heteroatoms. The van der Waals surface area contributed by atoms with Crippen LogP contribution in [0, 0.1) is 5.92 Å². The van der Waals surface area contributed by atoms with Crippen LogP contribution in [-0.4, -0.2) is 42.6 Å². The highest BCUT2D eigenvalue weighted by molar-refractivity contribution is 7.89. The Morgan fingerprint density at radius 3 is 2.55 bits per heavy atom. The van der Waals surface area contributed by atoms with Crippen LogP contribution in [0.4, 0.5) is 0 Å². The van der Waals surface area contributed by atoms with Crippen molar-refractivity contribution in [3.05, 3.63) is 35.4 Å². The molecule has 1 saturated heterocycles. The highest BCUT2D eigenvalue weighted by atomic mass is 32.2. The number of carboxylic acids is 1. The fourth-order valence-electron chi connectivity index (χ4n) is 2.70. The van der Waals surface area contributed by atoms with E-state index in [1.54, 1.807) is 29.2 Å². The molecule has 3 N–H and O–H groups in total. The van der Waals surface area contributed by atoms with Crippen LogP contribution in [0.15, 0.2) is 24.3 Å². The average molecular weight is 326 g/mol. The summed E-state index contributed by atoms with van der Waals surface area (Å²) in [4.78, 5) is 24.4. The van der Waals surface area contributed by atoms with Gasteiger partial charge in [-0.15, -0.1) is 0 Å². The Morgan fingerprint density at radius 2 is 1.95 bits per heavy atom. The van der Waals surface area contributed by atoms with Gasteiger partial charge < -0.3 is 10.0 Å². The van der Waals surface area contributed by atoms with E-state index in [-0.39, 0.29) is 37.0 Å². The van der Waals surface area contributed by atoms with Gasteiger partial charge in [0.2, 0.25) is 15.9 Å². The van der Waals surface area contributed by atoms with E-state index in [0.29, 0.717) is 12.1 Å². The molecule has 7 nitrogen and oxygen atoms in total. The van der Waals surface area contributed by atoms with Crippen molar-refractivity contribution >= 4 is 21.9 Å². The van der Waals surface area contributed by atoms with Crippen molar-refractivity contribution in [2.24, 2.45) is 11.1 Å². The Labute approximate surface area is 128 Å². The second kappa shape index (κ2) is 6.45. The maximum Gasteiger partial charge on any atom is 0.307 e. The zero-order valence-corrected chi connectivity index (χ0v) is 12.8. The standard InChI is InChI=1S/C14H18N2O5S/c15-22(20,21)9-10-5-13(17)16(7-10)8-12-4-2-1-3-11(12)6-14(18)19/h1-4,10H,5-9H2,(H,18,19)(H2,15,20,21). The van der Waals surface area contributed by atoms with E-state index in [1.165, 1.54) is 0 Å². The van der Waals surface area contributed by atoms with Crippen LogP contribution in [0.1, 0.15) is 17.5 Å². The van der Waals surface area contributed by atoms with Gasteiger partial charge in [-0.25, -0.2) is 13.6 Å². The van der Waals surface area contributed by atoms with Gasteiger partial charge in [-0.2, -0.15) is 0 Å². The van der Waals surface area contributed by atoms with E-state index in [1.807, 2.05) is 0 Å². The van der Waals surface area contributed by atoms with Crippen LogP contribution in [-0.2, 0) is 32.6 Å². The van der Waals surface area contributed by atoms with Crippen LogP contribution in [0.25, 0.3) is 0 Å². The molecule has 1 unspecified atom stereocenters. The zero-order chi connectivity index (χ0) is 16.3. The number of nitrogens with two attached hydrogens (primary N) is 1. The number of primary sulfonamides is 1. The molecule has 1 amide bonds. The fourth-order valence-corrected chi connectivity index (χ4v) is 3.58. The monoisotopic (exact) mass is 326 g/mol. The first-order chi connectivity index (χ1) is 10.2. The van der Waals surface area contributed by atoms with Gasteiger partial charge in [-0.05, 0) is 11.1 Å². The number of carbonyl (C=O) groups excluding carboxylic acids is 1. The molecule has 1 aliphatic rings.